The molecule has 1 N–H and O–H groups in total. The molecule has 0 saturated carbocycles. The van der Waals surface area contributed by atoms with Crippen LogP contribution < -0.4 is 10.2 Å². The molecule has 3 aromatic heterocycles. The van der Waals surface area contributed by atoms with E-state index in [0.29, 0.717) is 58.2 Å². The van der Waals surface area contributed by atoms with Crippen LogP contribution in [0.1, 0.15) is 22.1 Å². The maximum atomic E-state index is 12.6. The lowest BCUT2D eigenvalue weighted by Crippen LogP contribution is -2.23. The predicted octanol–water partition coefficient (Wildman–Crippen LogP) is 3.86. The van der Waals surface area contributed by atoms with Gasteiger partial charge >= 0.3 is 6.09 Å². The molecule has 162 valence electrons. The summed E-state index contributed by atoms with van der Waals surface area (Å²) < 4.78 is 12.1. The lowest BCUT2D eigenvalue weighted by Gasteiger charge is -2.11. The Hall–Kier alpha value is -3.92. The minimum absolute atomic E-state index is 0.156. The van der Waals surface area contributed by atoms with E-state index >= 15 is 0 Å². The SMILES string of the molecule is Cc1nc(C)c(C(=O)Nc2ccc(Cl)c(-c3cn4cc(N5CCOC5=O)cnc4n3)c2)o1. The van der Waals surface area contributed by atoms with Gasteiger partial charge in [-0.2, -0.15) is 0 Å². The minimum Gasteiger partial charge on any atom is -0.447 e. The summed E-state index contributed by atoms with van der Waals surface area (Å²) in [6, 6.07) is 5.08. The summed E-state index contributed by atoms with van der Waals surface area (Å²) in [4.78, 5) is 38.8. The molecule has 0 unspecified atom stereocenters. The Morgan fingerprint density at radius 1 is 1.22 bits per heavy atom. The number of hydrogen-bond donors (Lipinski definition) is 1. The average molecular weight is 453 g/mol. The summed E-state index contributed by atoms with van der Waals surface area (Å²) in [7, 11) is 0. The number of aryl methyl sites for hydroxylation is 2. The van der Waals surface area contributed by atoms with Gasteiger partial charge in [0.2, 0.25) is 11.5 Å². The first-order valence-corrected chi connectivity index (χ1v) is 10.1. The van der Waals surface area contributed by atoms with Crippen molar-refractivity contribution in [1.29, 1.82) is 0 Å². The van der Waals surface area contributed by atoms with Crippen LogP contribution in [0.5, 0.6) is 0 Å². The molecule has 0 atom stereocenters. The summed E-state index contributed by atoms with van der Waals surface area (Å²) in [5, 5.41) is 3.25. The minimum atomic E-state index is -0.407. The highest BCUT2D eigenvalue weighted by molar-refractivity contribution is 6.33. The van der Waals surface area contributed by atoms with Gasteiger partial charge in [0.1, 0.15) is 6.61 Å². The number of imidazole rings is 1. The molecule has 32 heavy (non-hydrogen) atoms. The fourth-order valence-corrected chi connectivity index (χ4v) is 3.71. The highest BCUT2D eigenvalue weighted by Gasteiger charge is 2.24. The molecule has 5 rings (SSSR count). The lowest BCUT2D eigenvalue weighted by molar-refractivity contribution is 0.0994. The smallest absolute Gasteiger partial charge is 0.414 e. The number of benzene rings is 1. The molecule has 0 radical (unpaired) electrons. The number of ether oxygens (including phenoxy) is 1. The average Bonchev–Trinajstić information content (AvgIpc) is 3.46. The Morgan fingerprint density at radius 3 is 2.78 bits per heavy atom. The van der Waals surface area contributed by atoms with Crippen molar-refractivity contribution >= 4 is 40.8 Å². The summed E-state index contributed by atoms with van der Waals surface area (Å²) in [6.45, 7) is 4.19. The number of carbonyl (C=O) groups excluding carboxylic acids is 2. The van der Waals surface area contributed by atoms with Gasteiger partial charge in [-0.05, 0) is 25.1 Å². The van der Waals surface area contributed by atoms with Crippen LogP contribution in [0.15, 0.2) is 41.2 Å². The Balaban J connectivity index is 1.45. The van der Waals surface area contributed by atoms with Gasteiger partial charge < -0.3 is 14.5 Å². The molecule has 1 saturated heterocycles. The number of carbonyl (C=O) groups is 2. The Labute approximate surface area is 186 Å². The molecule has 1 aliphatic rings. The zero-order chi connectivity index (χ0) is 22.4. The number of amides is 2. The summed E-state index contributed by atoms with van der Waals surface area (Å²) in [5.41, 5.74) is 2.81. The second kappa shape index (κ2) is 7.65. The van der Waals surface area contributed by atoms with Crippen LogP contribution in [0.25, 0.3) is 17.0 Å². The molecule has 1 fully saturated rings. The lowest BCUT2D eigenvalue weighted by atomic mass is 10.1. The first-order chi connectivity index (χ1) is 15.4. The highest BCUT2D eigenvalue weighted by atomic mass is 35.5. The van der Waals surface area contributed by atoms with Gasteiger partial charge in [-0.15, -0.1) is 0 Å². The van der Waals surface area contributed by atoms with Crippen LogP contribution in [0.3, 0.4) is 0 Å². The number of rotatable bonds is 4. The summed E-state index contributed by atoms with van der Waals surface area (Å²) in [6.07, 6.45) is 4.66. The van der Waals surface area contributed by atoms with E-state index in [1.165, 1.54) is 4.90 Å². The van der Waals surface area contributed by atoms with Crippen molar-refractivity contribution in [3.63, 3.8) is 0 Å². The zero-order valence-corrected chi connectivity index (χ0v) is 17.9. The summed E-state index contributed by atoms with van der Waals surface area (Å²) >= 11 is 6.41. The van der Waals surface area contributed by atoms with E-state index in [1.807, 2.05) is 0 Å². The van der Waals surface area contributed by atoms with Crippen LogP contribution in [-0.2, 0) is 4.74 Å². The number of cyclic esters (lactones) is 1. The van der Waals surface area contributed by atoms with E-state index in [0.717, 1.165) is 0 Å². The van der Waals surface area contributed by atoms with Crippen molar-refractivity contribution in [2.24, 2.45) is 0 Å². The molecule has 0 aliphatic carbocycles. The molecular formula is C21H17ClN6O4. The molecule has 11 heteroatoms. The molecule has 1 aliphatic heterocycles. The molecule has 1 aromatic carbocycles. The van der Waals surface area contributed by atoms with Crippen LogP contribution in [-0.4, -0.2) is 44.5 Å². The molecular weight excluding hydrogens is 436 g/mol. The Kier molecular flexibility index (Phi) is 4.78. The molecule has 10 nitrogen and oxygen atoms in total. The van der Waals surface area contributed by atoms with Gasteiger partial charge in [0.05, 0.1) is 34.8 Å². The van der Waals surface area contributed by atoms with Crippen LogP contribution in [0.4, 0.5) is 16.2 Å². The predicted molar refractivity (Wildman–Crippen MR) is 116 cm³/mol. The first kappa shape index (κ1) is 20.0. The van der Waals surface area contributed by atoms with Gasteiger partial charge in [0.15, 0.2) is 5.89 Å². The first-order valence-electron chi connectivity index (χ1n) is 9.73. The van der Waals surface area contributed by atoms with E-state index < -0.39 is 12.0 Å². The number of nitrogens with zero attached hydrogens (tertiary/aromatic N) is 5. The quantitative estimate of drug-likeness (QED) is 0.499. The molecule has 2 amide bonds. The van der Waals surface area contributed by atoms with Crippen molar-refractivity contribution < 1.29 is 18.7 Å². The van der Waals surface area contributed by atoms with Crippen molar-refractivity contribution in [3.8, 4) is 11.3 Å². The van der Waals surface area contributed by atoms with Gasteiger partial charge in [-0.1, -0.05) is 11.6 Å². The highest BCUT2D eigenvalue weighted by Crippen LogP contribution is 2.31. The third-order valence-corrected chi connectivity index (χ3v) is 5.31. The van der Waals surface area contributed by atoms with Gasteiger partial charge in [-0.3, -0.25) is 14.1 Å². The number of nitrogens with one attached hydrogen (secondary N) is 1. The molecule has 4 heterocycles. The largest absolute Gasteiger partial charge is 0.447 e. The Bertz CT molecular complexity index is 1380. The number of hydrogen-bond acceptors (Lipinski definition) is 7. The molecule has 4 aromatic rings. The third-order valence-electron chi connectivity index (χ3n) is 4.98. The fraction of sp³-hybridized carbons (Fsp3) is 0.190. The van der Waals surface area contributed by atoms with E-state index in [4.69, 9.17) is 20.8 Å². The topological polar surface area (TPSA) is 115 Å². The maximum Gasteiger partial charge on any atom is 0.414 e. The van der Waals surface area contributed by atoms with E-state index in [2.05, 4.69) is 20.3 Å². The monoisotopic (exact) mass is 452 g/mol. The van der Waals surface area contributed by atoms with Crippen LogP contribution in [0, 0.1) is 13.8 Å². The molecule has 0 spiro atoms. The van der Waals surface area contributed by atoms with Gasteiger partial charge in [0.25, 0.3) is 5.91 Å². The van der Waals surface area contributed by atoms with Crippen LogP contribution in [0.2, 0.25) is 5.02 Å². The number of halogens is 1. The second-order valence-electron chi connectivity index (χ2n) is 7.21. The standard InChI is InChI=1S/C21H17ClN6O4/c1-11-18(32-12(2)24-11)19(29)25-13-3-4-16(22)15(7-13)17-10-27-9-14(8-23-20(27)26-17)28-5-6-31-21(28)30/h3-4,7-10H,5-6H2,1-2H3,(H,25,29). The van der Waals surface area contributed by atoms with Crippen molar-refractivity contribution in [2.75, 3.05) is 23.4 Å². The number of oxazole rings is 1. The van der Waals surface area contributed by atoms with E-state index in [1.54, 1.807) is 55.0 Å². The van der Waals surface area contributed by atoms with Gasteiger partial charge in [-0.25, -0.2) is 19.7 Å². The third kappa shape index (κ3) is 3.54. The summed E-state index contributed by atoms with van der Waals surface area (Å²) in [5.74, 6) is 0.608. The zero-order valence-electron chi connectivity index (χ0n) is 17.1. The number of fused-ring (bicyclic) bond motifs is 1. The van der Waals surface area contributed by atoms with Gasteiger partial charge in [0, 0.05) is 30.6 Å². The van der Waals surface area contributed by atoms with E-state index in [9.17, 15) is 9.59 Å². The normalized spacial score (nSPS) is 13.6. The molecule has 0 bridgehead atoms. The van der Waals surface area contributed by atoms with Crippen LogP contribution >= 0.6 is 11.6 Å². The number of aromatic nitrogens is 4. The maximum absolute atomic E-state index is 12.6. The number of anilines is 2. The van der Waals surface area contributed by atoms with E-state index in [-0.39, 0.29) is 5.76 Å². The fourth-order valence-electron chi connectivity index (χ4n) is 3.50. The second-order valence-corrected chi connectivity index (χ2v) is 7.61. The van der Waals surface area contributed by atoms with Crippen molar-refractivity contribution in [2.45, 2.75) is 13.8 Å². The Morgan fingerprint density at radius 2 is 2.06 bits per heavy atom. The van der Waals surface area contributed by atoms with Crippen molar-refractivity contribution in [1.82, 2.24) is 19.4 Å². The van der Waals surface area contributed by atoms with Crippen molar-refractivity contribution in [3.05, 3.63) is 59.2 Å².